The average Bonchev–Trinajstić information content (AvgIpc) is 3.40. The van der Waals surface area contributed by atoms with Crippen LogP contribution in [0.15, 0.2) is 77.4 Å². The van der Waals surface area contributed by atoms with Crippen molar-refractivity contribution >= 4 is 28.3 Å². The van der Waals surface area contributed by atoms with Gasteiger partial charge in [-0.05, 0) is 29.8 Å². The Morgan fingerprint density at radius 2 is 1.81 bits per heavy atom. The summed E-state index contributed by atoms with van der Waals surface area (Å²) in [7, 11) is 0. The van der Waals surface area contributed by atoms with Crippen LogP contribution in [0.1, 0.15) is 16.1 Å². The Hall–Kier alpha value is -3.45. The highest BCUT2D eigenvalue weighted by molar-refractivity contribution is 7.09. The topological polar surface area (TPSA) is 80.0 Å². The number of nitrogens with zero attached hydrogens (tertiary/aromatic N) is 2. The van der Waals surface area contributed by atoms with Crippen molar-refractivity contribution in [3.8, 4) is 11.4 Å². The van der Waals surface area contributed by atoms with Crippen molar-refractivity contribution in [3.05, 3.63) is 84.3 Å². The van der Waals surface area contributed by atoms with Crippen LogP contribution < -0.4 is 10.6 Å². The van der Waals surface area contributed by atoms with Gasteiger partial charge in [-0.2, -0.15) is 9.36 Å². The third-order valence-electron chi connectivity index (χ3n) is 3.86. The molecule has 0 unspecified atom stereocenters. The number of benzene rings is 2. The third-order valence-corrected chi connectivity index (χ3v) is 4.53. The highest BCUT2D eigenvalue weighted by Gasteiger charge is 2.09. The van der Waals surface area contributed by atoms with E-state index in [9.17, 15) is 4.79 Å². The predicted molar refractivity (Wildman–Crippen MR) is 106 cm³/mol. The van der Waals surface area contributed by atoms with Crippen LogP contribution in [-0.4, -0.2) is 15.3 Å². The van der Waals surface area contributed by atoms with Crippen molar-refractivity contribution < 1.29 is 9.21 Å². The van der Waals surface area contributed by atoms with Gasteiger partial charge in [0.25, 0.3) is 5.91 Å². The zero-order chi connectivity index (χ0) is 18.5. The lowest BCUT2D eigenvalue weighted by atomic mass is 10.2. The number of aromatic nitrogens is 2. The van der Waals surface area contributed by atoms with Gasteiger partial charge in [0.2, 0.25) is 5.13 Å². The van der Waals surface area contributed by atoms with Gasteiger partial charge in [0, 0.05) is 29.3 Å². The first-order chi connectivity index (χ1) is 13.3. The maximum Gasteiger partial charge on any atom is 0.291 e. The van der Waals surface area contributed by atoms with Crippen molar-refractivity contribution in [1.82, 2.24) is 9.36 Å². The predicted octanol–water partition coefficient (Wildman–Crippen LogP) is 4.66. The van der Waals surface area contributed by atoms with Gasteiger partial charge in [0.15, 0.2) is 11.6 Å². The van der Waals surface area contributed by atoms with Crippen LogP contribution in [0.4, 0.5) is 10.8 Å². The lowest BCUT2D eigenvalue weighted by Gasteiger charge is -2.06. The molecule has 0 saturated heterocycles. The standard InChI is InChI=1S/C20H16N4O2S/c25-19(17-7-4-12-26-17)22-16-10-8-14(9-11-16)13-21-20-23-18(24-27-20)15-5-2-1-3-6-15/h1-12H,13H2,(H,22,25)(H,21,23,24). The van der Waals surface area contributed by atoms with Crippen molar-refractivity contribution in [3.63, 3.8) is 0 Å². The lowest BCUT2D eigenvalue weighted by molar-refractivity contribution is 0.0996. The van der Waals surface area contributed by atoms with Gasteiger partial charge in [-0.25, -0.2) is 0 Å². The first kappa shape index (κ1) is 17.0. The molecule has 4 aromatic rings. The molecule has 134 valence electrons. The first-order valence-electron chi connectivity index (χ1n) is 8.35. The fraction of sp³-hybridized carbons (Fsp3) is 0.0500. The molecule has 0 bridgehead atoms. The summed E-state index contributed by atoms with van der Waals surface area (Å²) in [6.07, 6.45) is 1.47. The Bertz CT molecular complexity index is 1010. The second-order valence-electron chi connectivity index (χ2n) is 5.77. The number of hydrogen-bond donors (Lipinski definition) is 2. The third kappa shape index (κ3) is 4.21. The fourth-order valence-corrected chi connectivity index (χ4v) is 3.07. The molecular formula is C20H16N4O2S. The Morgan fingerprint density at radius 3 is 2.56 bits per heavy atom. The van der Waals surface area contributed by atoms with E-state index in [1.54, 1.807) is 12.1 Å². The van der Waals surface area contributed by atoms with Gasteiger partial charge < -0.3 is 15.1 Å². The van der Waals surface area contributed by atoms with E-state index in [1.807, 2.05) is 54.6 Å². The number of furan rings is 1. The molecule has 2 aromatic heterocycles. The molecule has 1 amide bonds. The lowest BCUT2D eigenvalue weighted by Crippen LogP contribution is -2.10. The highest BCUT2D eigenvalue weighted by atomic mass is 32.1. The summed E-state index contributed by atoms with van der Waals surface area (Å²) >= 11 is 1.33. The van der Waals surface area contributed by atoms with Crippen molar-refractivity contribution in [1.29, 1.82) is 0 Å². The van der Waals surface area contributed by atoms with Crippen molar-refractivity contribution in [2.75, 3.05) is 10.6 Å². The molecule has 2 N–H and O–H groups in total. The second-order valence-corrected chi connectivity index (χ2v) is 6.52. The van der Waals surface area contributed by atoms with Gasteiger partial charge in [-0.1, -0.05) is 42.5 Å². The average molecular weight is 376 g/mol. The zero-order valence-electron chi connectivity index (χ0n) is 14.3. The summed E-state index contributed by atoms with van der Waals surface area (Å²) in [6, 6.07) is 20.8. The normalized spacial score (nSPS) is 10.5. The first-order valence-corrected chi connectivity index (χ1v) is 9.12. The molecule has 0 spiro atoms. The molecule has 2 heterocycles. The number of hydrogen-bond acceptors (Lipinski definition) is 6. The number of amides is 1. The molecule has 0 atom stereocenters. The molecule has 2 aromatic carbocycles. The van der Waals surface area contributed by atoms with Gasteiger partial charge in [0.05, 0.1) is 6.26 Å². The number of carbonyl (C=O) groups is 1. The van der Waals surface area contributed by atoms with Crippen molar-refractivity contribution in [2.45, 2.75) is 6.54 Å². The van der Waals surface area contributed by atoms with E-state index in [4.69, 9.17) is 4.42 Å². The smallest absolute Gasteiger partial charge is 0.291 e. The molecule has 0 radical (unpaired) electrons. The summed E-state index contributed by atoms with van der Waals surface area (Å²) in [4.78, 5) is 16.5. The number of anilines is 2. The number of nitrogens with one attached hydrogen (secondary N) is 2. The summed E-state index contributed by atoms with van der Waals surface area (Å²) in [5.74, 6) is 0.735. The van der Waals surface area contributed by atoms with Crippen LogP contribution in [0.25, 0.3) is 11.4 Å². The Morgan fingerprint density at radius 1 is 1.00 bits per heavy atom. The molecule has 0 saturated carbocycles. The maximum atomic E-state index is 12.0. The quantitative estimate of drug-likeness (QED) is 0.511. The molecule has 7 heteroatoms. The van der Waals surface area contributed by atoms with Gasteiger partial charge in [0.1, 0.15) is 0 Å². The SMILES string of the molecule is O=C(Nc1ccc(CNc2nc(-c3ccccc3)ns2)cc1)c1ccco1. The minimum atomic E-state index is -0.270. The van der Waals surface area contributed by atoms with Crippen LogP contribution >= 0.6 is 11.5 Å². The van der Waals surface area contributed by atoms with Crippen molar-refractivity contribution in [2.24, 2.45) is 0 Å². The molecule has 0 fully saturated rings. The molecule has 0 aliphatic rings. The van der Waals surface area contributed by atoms with Crippen LogP contribution in [0.2, 0.25) is 0 Å². The second kappa shape index (κ2) is 7.84. The van der Waals surface area contributed by atoms with Gasteiger partial charge in [-0.3, -0.25) is 4.79 Å². The Balaban J connectivity index is 1.34. The highest BCUT2D eigenvalue weighted by Crippen LogP contribution is 2.21. The molecule has 0 aliphatic heterocycles. The van der Waals surface area contributed by atoms with E-state index in [1.165, 1.54) is 17.8 Å². The number of rotatable bonds is 6. The van der Waals surface area contributed by atoms with Crippen LogP contribution in [-0.2, 0) is 6.54 Å². The van der Waals surface area contributed by atoms with E-state index in [2.05, 4.69) is 20.0 Å². The van der Waals surface area contributed by atoms with Crippen LogP contribution in [0, 0.1) is 0 Å². The minimum Gasteiger partial charge on any atom is -0.459 e. The van der Waals surface area contributed by atoms with E-state index in [-0.39, 0.29) is 11.7 Å². The van der Waals surface area contributed by atoms with E-state index >= 15 is 0 Å². The summed E-state index contributed by atoms with van der Waals surface area (Å²) < 4.78 is 9.46. The molecular weight excluding hydrogens is 360 g/mol. The van der Waals surface area contributed by atoms with Crippen LogP contribution in [0.3, 0.4) is 0 Å². The van der Waals surface area contributed by atoms with E-state index < -0.39 is 0 Å². The summed E-state index contributed by atoms with van der Waals surface area (Å²) in [5, 5.41) is 6.84. The van der Waals surface area contributed by atoms with E-state index in [0.717, 1.165) is 22.1 Å². The molecule has 4 rings (SSSR count). The molecule has 6 nitrogen and oxygen atoms in total. The van der Waals surface area contributed by atoms with Crippen LogP contribution in [0.5, 0.6) is 0 Å². The minimum absolute atomic E-state index is 0.270. The molecule has 0 aliphatic carbocycles. The summed E-state index contributed by atoms with van der Waals surface area (Å²) in [5.41, 5.74) is 2.78. The molecule has 27 heavy (non-hydrogen) atoms. The fourth-order valence-electron chi connectivity index (χ4n) is 2.48. The number of carbonyl (C=O) groups excluding carboxylic acids is 1. The zero-order valence-corrected chi connectivity index (χ0v) is 15.1. The van der Waals surface area contributed by atoms with E-state index in [0.29, 0.717) is 12.2 Å². The van der Waals surface area contributed by atoms with Gasteiger partial charge in [-0.15, -0.1) is 0 Å². The monoisotopic (exact) mass is 376 g/mol. The summed E-state index contributed by atoms with van der Waals surface area (Å²) in [6.45, 7) is 0.621. The Kier molecular flexibility index (Phi) is 4.93. The largest absolute Gasteiger partial charge is 0.459 e. The maximum absolute atomic E-state index is 12.0. The Labute approximate surface area is 160 Å². The van der Waals surface area contributed by atoms with Gasteiger partial charge >= 0.3 is 0 Å².